The number of isocyanates is 1. The molecule has 2 rings (SSSR count). The van der Waals surface area contributed by atoms with Crippen molar-refractivity contribution < 1.29 is 9.21 Å². The number of hydrogen-bond donors (Lipinski definition) is 0. The number of benzene rings is 1. The highest BCUT2D eigenvalue weighted by atomic mass is 16.3. The van der Waals surface area contributed by atoms with Crippen molar-refractivity contribution in [1.29, 1.82) is 0 Å². The molecule has 0 radical (unpaired) electrons. The number of furan rings is 1. The Bertz CT molecular complexity index is 452. The Kier molecular flexibility index (Phi) is 1.50. The number of nitrogens with zero attached hydrogens (tertiary/aromatic N) is 1. The van der Waals surface area contributed by atoms with E-state index < -0.39 is 0 Å². The van der Waals surface area contributed by atoms with Crippen LogP contribution in [-0.4, -0.2) is 6.08 Å². The topological polar surface area (TPSA) is 42.6 Å². The lowest BCUT2D eigenvalue weighted by atomic mass is 10.2. The van der Waals surface area contributed by atoms with Crippen molar-refractivity contribution in [2.75, 3.05) is 0 Å². The average Bonchev–Trinajstić information content (AvgIpc) is 2.50. The van der Waals surface area contributed by atoms with Crippen molar-refractivity contribution in [3.63, 3.8) is 0 Å². The average molecular weight is 159 g/mol. The Morgan fingerprint density at radius 3 is 3.00 bits per heavy atom. The van der Waals surface area contributed by atoms with E-state index in [0.29, 0.717) is 5.69 Å². The fraction of sp³-hybridized carbons (Fsp3) is 0. The number of rotatable bonds is 1. The summed E-state index contributed by atoms with van der Waals surface area (Å²) < 4.78 is 5.13. The van der Waals surface area contributed by atoms with Crippen molar-refractivity contribution in [3.05, 3.63) is 30.5 Å². The minimum Gasteiger partial charge on any atom is -0.462 e. The molecule has 0 saturated heterocycles. The lowest BCUT2D eigenvalue weighted by Crippen LogP contribution is -1.61. The maximum Gasteiger partial charge on any atom is 0.240 e. The molecule has 0 atom stereocenters. The maximum atomic E-state index is 9.98. The van der Waals surface area contributed by atoms with Crippen molar-refractivity contribution in [1.82, 2.24) is 0 Å². The van der Waals surface area contributed by atoms with E-state index in [9.17, 15) is 4.79 Å². The molecule has 0 unspecified atom stereocenters. The normalized spacial score (nSPS) is 9.67. The summed E-state index contributed by atoms with van der Waals surface area (Å²) in [4.78, 5) is 13.5. The predicted octanol–water partition coefficient (Wildman–Crippen LogP) is 2.40. The highest BCUT2D eigenvalue weighted by Crippen LogP contribution is 2.26. The SMILES string of the molecule is O=C=Nc1coc2ccccc12. The summed E-state index contributed by atoms with van der Waals surface area (Å²) in [6.07, 6.45) is 2.92. The van der Waals surface area contributed by atoms with E-state index in [4.69, 9.17) is 4.42 Å². The van der Waals surface area contributed by atoms with E-state index in [1.165, 1.54) is 12.3 Å². The van der Waals surface area contributed by atoms with Crippen LogP contribution in [0.5, 0.6) is 0 Å². The first-order chi connectivity index (χ1) is 5.92. The van der Waals surface area contributed by atoms with E-state index in [1.807, 2.05) is 24.3 Å². The van der Waals surface area contributed by atoms with Gasteiger partial charge in [0, 0.05) is 5.39 Å². The molecule has 0 fully saturated rings. The number of hydrogen-bond acceptors (Lipinski definition) is 3. The molecule has 1 aromatic carbocycles. The van der Waals surface area contributed by atoms with Crippen LogP contribution in [0.2, 0.25) is 0 Å². The van der Waals surface area contributed by atoms with Crippen LogP contribution in [0.4, 0.5) is 5.69 Å². The van der Waals surface area contributed by atoms with Crippen molar-refractivity contribution in [2.24, 2.45) is 4.99 Å². The molecule has 0 aliphatic rings. The van der Waals surface area contributed by atoms with E-state index in [0.717, 1.165) is 11.0 Å². The zero-order valence-corrected chi connectivity index (χ0v) is 6.15. The summed E-state index contributed by atoms with van der Waals surface area (Å²) in [5, 5.41) is 0.834. The molecule has 0 N–H and O–H groups in total. The quantitative estimate of drug-likeness (QED) is 0.473. The molecule has 0 amide bonds. The summed E-state index contributed by atoms with van der Waals surface area (Å²) in [6.45, 7) is 0. The van der Waals surface area contributed by atoms with E-state index in [2.05, 4.69) is 4.99 Å². The van der Waals surface area contributed by atoms with Gasteiger partial charge < -0.3 is 4.42 Å². The molecule has 0 aliphatic heterocycles. The number of aliphatic imine (C=N–C) groups is 1. The number of para-hydroxylation sites is 1. The van der Waals surface area contributed by atoms with Crippen molar-refractivity contribution in [2.45, 2.75) is 0 Å². The van der Waals surface area contributed by atoms with Crippen LogP contribution < -0.4 is 0 Å². The fourth-order valence-electron chi connectivity index (χ4n) is 1.10. The van der Waals surface area contributed by atoms with Gasteiger partial charge in [-0.2, -0.15) is 4.99 Å². The van der Waals surface area contributed by atoms with Gasteiger partial charge in [0.1, 0.15) is 17.5 Å². The van der Waals surface area contributed by atoms with Crippen molar-refractivity contribution >= 4 is 22.7 Å². The third kappa shape index (κ3) is 0.929. The molecule has 1 aromatic heterocycles. The second-order valence-electron chi connectivity index (χ2n) is 2.32. The van der Waals surface area contributed by atoms with E-state index in [1.54, 1.807) is 0 Å². The standard InChI is InChI=1S/C9H5NO2/c11-6-10-8-5-12-9-4-2-1-3-7(8)9/h1-5H. The van der Waals surface area contributed by atoms with E-state index >= 15 is 0 Å². The summed E-state index contributed by atoms with van der Waals surface area (Å²) in [5.74, 6) is 0. The van der Waals surface area contributed by atoms with Crippen LogP contribution in [0.1, 0.15) is 0 Å². The van der Waals surface area contributed by atoms with Gasteiger partial charge >= 0.3 is 0 Å². The first-order valence-electron chi connectivity index (χ1n) is 3.46. The first-order valence-corrected chi connectivity index (χ1v) is 3.46. The Labute approximate surface area is 68.3 Å². The van der Waals surface area contributed by atoms with Crippen LogP contribution in [0.3, 0.4) is 0 Å². The van der Waals surface area contributed by atoms with Gasteiger partial charge in [0.25, 0.3) is 0 Å². The molecule has 0 saturated carbocycles. The molecule has 2 aromatic rings. The van der Waals surface area contributed by atoms with Crippen LogP contribution in [0.25, 0.3) is 11.0 Å². The Hall–Kier alpha value is -1.86. The first kappa shape index (κ1) is 6.83. The molecular formula is C9H5NO2. The zero-order valence-electron chi connectivity index (χ0n) is 6.15. The molecular weight excluding hydrogens is 154 g/mol. The predicted molar refractivity (Wildman–Crippen MR) is 44.0 cm³/mol. The van der Waals surface area contributed by atoms with Crippen LogP contribution >= 0.6 is 0 Å². The largest absolute Gasteiger partial charge is 0.462 e. The van der Waals surface area contributed by atoms with E-state index in [-0.39, 0.29) is 0 Å². The van der Waals surface area contributed by atoms with Gasteiger partial charge in [0.2, 0.25) is 6.08 Å². The lowest BCUT2D eigenvalue weighted by molar-refractivity contribution is 0.565. The van der Waals surface area contributed by atoms with Gasteiger partial charge in [0.15, 0.2) is 0 Å². The zero-order chi connectivity index (χ0) is 8.39. The molecule has 3 nitrogen and oxygen atoms in total. The summed E-state index contributed by atoms with van der Waals surface area (Å²) >= 11 is 0. The Balaban J connectivity index is 2.78. The second-order valence-corrected chi connectivity index (χ2v) is 2.32. The van der Waals surface area contributed by atoms with Crippen LogP contribution in [0, 0.1) is 0 Å². The smallest absolute Gasteiger partial charge is 0.240 e. The van der Waals surface area contributed by atoms with Crippen LogP contribution in [0.15, 0.2) is 39.9 Å². The molecule has 3 heteroatoms. The summed E-state index contributed by atoms with van der Waals surface area (Å²) in [5.41, 5.74) is 1.26. The molecule has 58 valence electrons. The molecule has 12 heavy (non-hydrogen) atoms. The third-order valence-electron chi connectivity index (χ3n) is 1.63. The van der Waals surface area contributed by atoms with Gasteiger partial charge in [-0.1, -0.05) is 12.1 Å². The van der Waals surface area contributed by atoms with Gasteiger partial charge in [-0.3, -0.25) is 0 Å². The molecule has 1 heterocycles. The molecule has 0 bridgehead atoms. The maximum absolute atomic E-state index is 9.98. The second kappa shape index (κ2) is 2.64. The van der Waals surface area contributed by atoms with Gasteiger partial charge in [-0.25, -0.2) is 4.79 Å². The number of carbonyl (C=O) groups excluding carboxylic acids is 1. The Morgan fingerprint density at radius 1 is 1.33 bits per heavy atom. The minimum atomic E-state index is 0.528. The highest BCUT2D eigenvalue weighted by Gasteiger charge is 2.01. The Morgan fingerprint density at radius 2 is 2.17 bits per heavy atom. The molecule has 0 spiro atoms. The third-order valence-corrected chi connectivity index (χ3v) is 1.63. The monoisotopic (exact) mass is 159 g/mol. The van der Waals surface area contributed by atoms with Crippen LogP contribution in [-0.2, 0) is 4.79 Å². The summed E-state index contributed by atoms with van der Waals surface area (Å²) in [6, 6.07) is 7.38. The number of fused-ring (bicyclic) bond motifs is 1. The highest BCUT2D eigenvalue weighted by molar-refractivity contribution is 5.89. The molecule has 0 aliphatic carbocycles. The van der Waals surface area contributed by atoms with Crippen molar-refractivity contribution in [3.8, 4) is 0 Å². The summed E-state index contributed by atoms with van der Waals surface area (Å²) in [7, 11) is 0. The minimum absolute atomic E-state index is 0.528. The van der Waals surface area contributed by atoms with Gasteiger partial charge in [-0.05, 0) is 12.1 Å². The van der Waals surface area contributed by atoms with Gasteiger partial charge in [-0.15, -0.1) is 0 Å². The lowest BCUT2D eigenvalue weighted by Gasteiger charge is -1.84. The van der Waals surface area contributed by atoms with Gasteiger partial charge in [0.05, 0.1) is 0 Å². The fourth-order valence-corrected chi connectivity index (χ4v) is 1.10.